The molecule has 0 amide bonds. The zero-order valence-electron chi connectivity index (χ0n) is 12.8. The molecule has 3 heteroatoms. The zero-order chi connectivity index (χ0) is 14.5. The molecule has 0 radical (unpaired) electrons. The average Bonchev–Trinajstić information content (AvgIpc) is 2.89. The summed E-state index contributed by atoms with van der Waals surface area (Å²) >= 11 is 0. The standard InChI is InChI=1S/C18H25N3/c1-2-19-16-11-7-4-8-12-17(16)21-14-13-20-18(21)15-9-5-3-6-10-15/h3,5-6,9-10,13-14,16-17,19H,2,4,7-8,11-12H2,1H3. The molecule has 3 nitrogen and oxygen atoms in total. The molecule has 1 heterocycles. The molecule has 112 valence electrons. The van der Waals surface area contributed by atoms with Crippen LogP contribution in [0.2, 0.25) is 0 Å². The first-order valence-corrected chi connectivity index (χ1v) is 8.21. The third-order valence-corrected chi connectivity index (χ3v) is 4.50. The minimum absolute atomic E-state index is 0.519. The molecular formula is C18H25N3. The number of nitrogens with zero attached hydrogens (tertiary/aromatic N) is 2. The van der Waals surface area contributed by atoms with Gasteiger partial charge in [0.15, 0.2) is 0 Å². The summed E-state index contributed by atoms with van der Waals surface area (Å²) in [7, 11) is 0. The highest BCUT2D eigenvalue weighted by Crippen LogP contribution is 2.31. The van der Waals surface area contributed by atoms with Crippen molar-refractivity contribution < 1.29 is 0 Å². The van der Waals surface area contributed by atoms with Gasteiger partial charge in [-0.15, -0.1) is 0 Å². The molecule has 0 bridgehead atoms. The Kier molecular flexibility index (Phi) is 4.71. The molecule has 21 heavy (non-hydrogen) atoms. The number of imidazole rings is 1. The molecule has 1 aromatic carbocycles. The highest BCUT2D eigenvalue weighted by molar-refractivity contribution is 5.55. The topological polar surface area (TPSA) is 29.9 Å². The molecule has 2 unspecified atom stereocenters. The normalized spacial score (nSPS) is 22.9. The van der Waals surface area contributed by atoms with Crippen molar-refractivity contribution in [3.8, 4) is 11.4 Å². The minimum Gasteiger partial charge on any atom is -0.326 e. The van der Waals surface area contributed by atoms with Crippen molar-refractivity contribution in [2.45, 2.75) is 51.1 Å². The monoisotopic (exact) mass is 283 g/mol. The van der Waals surface area contributed by atoms with E-state index in [0.717, 1.165) is 12.4 Å². The van der Waals surface area contributed by atoms with E-state index in [1.54, 1.807) is 0 Å². The van der Waals surface area contributed by atoms with Crippen molar-refractivity contribution in [1.82, 2.24) is 14.9 Å². The second kappa shape index (κ2) is 6.90. The van der Waals surface area contributed by atoms with Crippen LogP contribution >= 0.6 is 0 Å². The molecule has 1 aliphatic carbocycles. The quantitative estimate of drug-likeness (QED) is 0.858. The summed E-state index contributed by atoms with van der Waals surface area (Å²) in [5, 5.41) is 3.69. The lowest BCUT2D eigenvalue weighted by molar-refractivity contribution is 0.337. The maximum Gasteiger partial charge on any atom is 0.140 e. The number of rotatable bonds is 4. The fourth-order valence-corrected chi connectivity index (χ4v) is 3.51. The Morgan fingerprint density at radius 1 is 1.14 bits per heavy atom. The summed E-state index contributed by atoms with van der Waals surface area (Å²) in [6.45, 7) is 3.24. The van der Waals surface area contributed by atoms with Crippen LogP contribution in [-0.2, 0) is 0 Å². The average molecular weight is 283 g/mol. The fraction of sp³-hybridized carbons (Fsp3) is 0.500. The number of aromatic nitrogens is 2. The Labute approximate surface area is 127 Å². The first-order chi connectivity index (χ1) is 10.4. The minimum atomic E-state index is 0.519. The summed E-state index contributed by atoms with van der Waals surface area (Å²) in [5.41, 5.74) is 1.21. The Hall–Kier alpha value is -1.61. The second-order valence-corrected chi connectivity index (χ2v) is 5.89. The first-order valence-electron chi connectivity index (χ1n) is 8.21. The van der Waals surface area contributed by atoms with Crippen LogP contribution < -0.4 is 5.32 Å². The SMILES string of the molecule is CCNC1CCCCCC1n1ccnc1-c1ccccc1. The van der Waals surface area contributed by atoms with Gasteiger partial charge in [0.05, 0.1) is 6.04 Å². The summed E-state index contributed by atoms with van der Waals surface area (Å²) in [6, 6.07) is 11.6. The predicted molar refractivity (Wildman–Crippen MR) is 87.2 cm³/mol. The van der Waals surface area contributed by atoms with Gasteiger partial charge < -0.3 is 9.88 Å². The van der Waals surface area contributed by atoms with Gasteiger partial charge in [0.1, 0.15) is 5.82 Å². The van der Waals surface area contributed by atoms with Gasteiger partial charge >= 0.3 is 0 Å². The number of nitrogens with one attached hydrogen (secondary N) is 1. The fourth-order valence-electron chi connectivity index (χ4n) is 3.51. The number of hydrogen-bond acceptors (Lipinski definition) is 2. The second-order valence-electron chi connectivity index (χ2n) is 5.89. The van der Waals surface area contributed by atoms with E-state index in [4.69, 9.17) is 0 Å². The molecule has 0 aliphatic heterocycles. The van der Waals surface area contributed by atoms with Crippen molar-refractivity contribution in [2.24, 2.45) is 0 Å². The molecule has 1 saturated carbocycles. The number of hydrogen-bond donors (Lipinski definition) is 1. The van der Waals surface area contributed by atoms with Crippen molar-refractivity contribution in [3.05, 3.63) is 42.7 Å². The number of likely N-dealkylation sites (N-methyl/N-ethyl adjacent to an activating group) is 1. The highest BCUT2D eigenvalue weighted by atomic mass is 15.1. The zero-order valence-corrected chi connectivity index (χ0v) is 12.8. The summed E-state index contributed by atoms with van der Waals surface area (Å²) < 4.78 is 2.40. The van der Waals surface area contributed by atoms with Gasteiger partial charge in [-0.2, -0.15) is 0 Å². The molecular weight excluding hydrogens is 258 g/mol. The Bertz CT molecular complexity index is 547. The van der Waals surface area contributed by atoms with Crippen molar-refractivity contribution in [3.63, 3.8) is 0 Å². The van der Waals surface area contributed by atoms with Crippen molar-refractivity contribution in [2.75, 3.05) is 6.54 Å². The maximum atomic E-state index is 4.62. The van der Waals surface area contributed by atoms with Crippen LogP contribution in [0.15, 0.2) is 42.7 Å². The van der Waals surface area contributed by atoms with Gasteiger partial charge in [-0.05, 0) is 19.4 Å². The molecule has 2 atom stereocenters. The van der Waals surface area contributed by atoms with Crippen LogP contribution in [0.1, 0.15) is 45.1 Å². The van der Waals surface area contributed by atoms with Crippen LogP contribution in [0, 0.1) is 0 Å². The lowest BCUT2D eigenvalue weighted by Gasteiger charge is -2.28. The van der Waals surface area contributed by atoms with Crippen LogP contribution in [0.5, 0.6) is 0 Å². The summed E-state index contributed by atoms with van der Waals surface area (Å²) in [6.07, 6.45) is 10.6. The molecule has 1 aromatic heterocycles. The van der Waals surface area contributed by atoms with Gasteiger partial charge in [0.2, 0.25) is 0 Å². The Balaban J connectivity index is 1.93. The van der Waals surface area contributed by atoms with Gasteiger partial charge in [0.25, 0.3) is 0 Å². The molecule has 1 fully saturated rings. The molecule has 3 rings (SSSR count). The van der Waals surface area contributed by atoms with Gasteiger partial charge in [0, 0.05) is 24.0 Å². The third kappa shape index (κ3) is 3.18. The van der Waals surface area contributed by atoms with Gasteiger partial charge in [-0.1, -0.05) is 56.5 Å². The van der Waals surface area contributed by atoms with E-state index in [1.165, 1.54) is 37.7 Å². The highest BCUT2D eigenvalue weighted by Gasteiger charge is 2.26. The van der Waals surface area contributed by atoms with Crippen LogP contribution in [0.25, 0.3) is 11.4 Å². The Morgan fingerprint density at radius 3 is 2.76 bits per heavy atom. The van der Waals surface area contributed by atoms with Gasteiger partial charge in [-0.25, -0.2) is 4.98 Å². The van der Waals surface area contributed by atoms with E-state index in [9.17, 15) is 0 Å². The van der Waals surface area contributed by atoms with E-state index >= 15 is 0 Å². The van der Waals surface area contributed by atoms with Crippen LogP contribution in [0.3, 0.4) is 0 Å². The Morgan fingerprint density at radius 2 is 1.95 bits per heavy atom. The van der Waals surface area contributed by atoms with E-state index < -0.39 is 0 Å². The lowest BCUT2D eigenvalue weighted by Crippen LogP contribution is -2.37. The molecule has 1 N–H and O–H groups in total. The lowest BCUT2D eigenvalue weighted by atomic mass is 10.0. The van der Waals surface area contributed by atoms with Gasteiger partial charge in [-0.3, -0.25) is 0 Å². The maximum absolute atomic E-state index is 4.62. The first kappa shape index (κ1) is 14.3. The van der Waals surface area contributed by atoms with E-state index in [-0.39, 0.29) is 0 Å². The smallest absolute Gasteiger partial charge is 0.140 e. The van der Waals surface area contributed by atoms with Crippen LogP contribution in [-0.4, -0.2) is 22.1 Å². The predicted octanol–water partition coefficient (Wildman–Crippen LogP) is 4.03. The summed E-state index contributed by atoms with van der Waals surface area (Å²) in [5.74, 6) is 1.10. The largest absolute Gasteiger partial charge is 0.326 e. The van der Waals surface area contributed by atoms with Crippen LogP contribution in [0.4, 0.5) is 0 Å². The molecule has 2 aromatic rings. The third-order valence-electron chi connectivity index (χ3n) is 4.50. The van der Waals surface area contributed by atoms with E-state index in [1.807, 2.05) is 6.20 Å². The molecule has 0 spiro atoms. The molecule has 0 saturated heterocycles. The molecule has 1 aliphatic rings. The van der Waals surface area contributed by atoms with Crippen molar-refractivity contribution in [1.29, 1.82) is 0 Å². The van der Waals surface area contributed by atoms with E-state index in [2.05, 4.69) is 58.3 Å². The number of benzene rings is 1. The summed E-state index contributed by atoms with van der Waals surface area (Å²) in [4.78, 5) is 4.62. The van der Waals surface area contributed by atoms with Crippen molar-refractivity contribution >= 4 is 0 Å². The van der Waals surface area contributed by atoms with E-state index in [0.29, 0.717) is 12.1 Å².